The number of nitrogens with zero attached hydrogens (tertiary/aromatic N) is 1. The summed E-state index contributed by atoms with van der Waals surface area (Å²) in [6.07, 6.45) is 1.79. The van der Waals surface area contributed by atoms with E-state index >= 15 is 0 Å². The molecule has 4 bridgehead atoms. The minimum Gasteiger partial charge on any atom is -0.332 e. The smallest absolute Gasteiger partial charge is 0.252 e. The van der Waals surface area contributed by atoms with Crippen molar-refractivity contribution in [1.82, 2.24) is 4.90 Å². The Labute approximate surface area is 139 Å². The number of rotatable bonds is 3. The van der Waals surface area contributed by atoms with Crippen LogP contribution < -0.4 is 5.14 Å². The monoisotopic (exact) mass is 378 g/mol. The van der Waals surface area contributed by atoms with E-state index in [1.165, 1.54) is 6.08 Å². The van der Waals surface area contributed by atoms with E-state index in [2.05, 4.69) is 0 Å². The number of nitrogens with two attached hydrogens (primary N) is 1. The summed E-state index contributed by atoms with van der Waals surface area (Å²) in [6.45, 7) is 4.33. The van der Waals surface area contributed by atoms with E-state index in [0.29, 0.717) is 18.3 Å². The Morgan fingerprint density at radius 2 is 2.09 bits per heavy atom. The molecule has 4 rings (SSSR count). The first kappa shape index (κ1) is 17.0. The molecule has 0 radical (unpaired) electrons. The van der Waals surface area contributed by atoms with Crippen LogP contribution in [0.25, 0.3) is 0 Å². The molecule has 0 aromatic carbocycles. The summed E-state index contributed by atoms with van der Waals surface area (Å²) < 4.78 is 48.4. The van der Waals surface area contributed by atoms with Crippen LogP contribution in [0.4, 0.5) is 0 Å². The van der Waals surface area contributed by atoms with Crippen LogP contribution in [0.2, 0.25) is 0 Å². The molecule has 0 aromatic heterocycles. The second-order valence-corrected chi connectivity index (χ2v) is 11.7. The van der Waals surface area contributed by atoms with Crippen molar-refractivity contribution in [3.8, 4) is 0 Å². The molecule has 1 fully saturated rings. The zero-order valence-electron chi connectivity index (χ0n) is 12.7. The maximum absolute atomic E-state index is 12.8. The summed E-state index contributed by atoms with van der Waals surface area (Å²) in [5.74, 6) is -0.128. The van der Waals surface area contributed by atoms with Crippen molar-refractivity contribution in [3.63, 3.8) is 0 Å². The molecular weight excluding hydrogens is 360 g/mol. The topological polar surface area (TPSA) is 115 Å². The number of thioether (sulfide) groups is 1. The highest BCUT2D eigenvalue weighted by Gasteiger charge is 2.50. The molecule has 2 unspecified atom stereocenters. The number of carbonyl (C=O) groups is 1. The molecule has 23 heavy (non-hydrogen) atoms. The van der Waals surface area contributed by atoms with Gasteiger partial charge in [-0.15, -0.1) is 0 Å². The van der Waals surface area contributed by atoms with Gasteiger partial charge in [0.2, 0.25) is 10.0 Å². The maximum atomic E-state index is 12.8. The highest BCUT2D eigenvalue weighted by Crippen LogP contribution is 2.49. The van der Waals surface area contributed by atoms with Gasteiger partial charge < -0.3 is 4.90 Å². The highest BCUT2D eigenvalue weighted by molar-refractivity contribution is 8.27. The molecule has 7 nitrogen and oxygen atoms in total. The predicted molar refractivity (Wildman–Crippen MR) is 88.1 cm³/mol. The van der Waals surface area contributed by atoms with Crippen LogP contribution in [0.3, 0.4) is 0 Å². The van der Waals surface area contributed by atoms with Crippen molar-refractivity contribution < 1.29 is 21.6 Å². The summed E-state index contributed by atoms with van der Waals surface area (Å²) in [4.78, 5) is 14.4. The van der Waals surface area contributed by atoms with Crippen LogP contribution >= 0.6 is 11.8 Å². The van der Waals surface area contributed by atoms with Gasteiger partial charge in [-0.1, -0.05) is 25.6 Å². The van der Waals surface area contributed by atoms with E-state index in [-0.39, 0.29) is 38.7 Å². The van der Waals surface area contributed by atoms with Crippen molar-refractivity contribution in [2.45, 2.75) is 38.0 Å². The quantitative estimate of drug-likeness (QED) is 0.765. The van der Waals surface area contributed by atoms with Crippen LogP contribution in [0.15, 0.2) is 20.1 Å². The van der Waals surface area contributed by atoms with Gasteiger partial charge in [-0.05, 0) is 24.8 Å². The van der Waals surface area contributed by atoms with E-state index in [9.17, 15) is 21.6 Å². The van der Waals surface area contributed by atoms with E-state index in [1.54, 1.807) is 4.90 Å². The SMILES string of the molecule is CC(C)CN1C(=O)C2=C3S/C(S(N)(=O)=O)=C\C1CC(C2)S3(=O)=O. The van der Waals surface area contributed by atoms with E-state index in [4.69, 9.17) is 5.14 Å². The molecule has 1 amide bonds. The molecule has 4 heterocycles. The number of carbonyl (C=O) groups excluding carboxylic acids is 1. The van der Waals surface area contributed by atoms with Gasteiger partial charge >= 0.3 is 0 Å². The number of sulfone groups is 1. The summed E-state index contributed by atoms with van der Waals surface area (Å²) in [7, 11) is -7.71. The number of hydrogen-bond donors (Lipinski definition) is 1. The molecule has 0 aliphatic carbocycles. The third-order valence-electron chi connectivity index (χ3n) is 4.16. The van der Waals surface area contributed by atoms with E-state index in [1.807, 2.05) is 13.8 Å². The Morgan fingerprint density at radius 3 is 2.65 bits per heavy atom. The van der Waals surface area contributed by atoms with Crippen LogP contribution in [-0.4, -0.2) is 45.5 Å². The Hall–Kier alpha value is -0.840. The number of primary sulfonamides is 1. The standard InChI is InChI=1S/C13H18N2O5S3/c1-7(2)6-15-8-3-9-5-10(12(15)16)13(22(9,17)18)21-11(4-8)23(14,19)20/h4,7-9H,3,5-6H2,1-2H3,(H2,14,19,20)/b11-4+. The lowest BCUT2D eigenvalue weighted by Crippen LogP contribution is -2.44. The van der Waals surface area contributed by atoms with Gasteiger partial charge in [0.25, 0.3) is 5.91 Å². The summed E-state index contributed by atoms with van der Waals surface area (Å²) in [5, 5.41) is 4.56. The molecule has 128 valence electrons. The van der Waals surface area contributed by atoms with Gasteiger partial charge in [0.1, 0.15) is 8.47 Å². The van der Waals surface area contributed by atoms with Gasteiger partial charge in [-0.3, -0.25) is 4.79 Å². The molecule has 2 atom stereocenters. The largest absolute Gasteiger partial charge is 0.332 e. The molecule has 4 aliphatic rings. The van der Waals surface area contributed by atoms with Crippen LogP contribution in [0.1, 0.15) is 26.7 Å². The second-order valence-electron chi connectivity index (χ2n) is 6.42. The Bertz CT molecular complexity index is 839. The molecule has 2 N–H and O–H groups in total. The highest BCUT2D eigenvalue weighted by atomic mass is 32.3. The van der Waals surface area contributed by atoms with Crippen LogP contribution in [-0.2, 0) is 24.7 Å². The average molecular weight is 378 g/mol. The molecule has 0 spiro atoms. The summed E-state index contributed by atoms with van der Waals surface area (Å²) in [5.41, 5.74) is 0.206. The Kier molecular flexibility index (Phi) is 3.94. The Morgan fingerprint density at radius 1 is 1.43 bits per heavy atom. The lowest BCUT2D eigenvalue weighted by molar-refractivity contribution is -0.128. The molecule has 0 saturated carbocycles. The zero-order chi connectivity index (χ0) is 17.2. The zero-order valence-corrected chi connectivity index (χ0v) is 15.2. The maximum Gasteiger partial charge on any atom is 0.252 e. The lowest BCUT2D eigenvalue weighted by atomic mass is 10.1. The first-order chi connectivity index (χ1) is 10.5. The fraction of sp³-hybridized carbons (Fsp3) is 0.615. The van der Waals surface area contributed by atoms with Crippen molar-refractivity contribution >= 4 is 37.5 Å². The van der Waals surface area contributed by atoms with Crippen LogP contribution in [0, 0.1) is 5.92 Å². The van der Waals surface area contributed by atoms with E-state index in [0.717, 1.165) is 0 Å². The van der Waals surface area contributed by atoms with Gasteiger partial charge in [0.15, 0.2) is 9.84 Å². The van der Waals surface area contributed by atoms with Gasteiger partial charge in [0.05, 0.1) is 11.3 Å². The fourth-order valence-electron chi connectivity index (χ4n) is 3.17. The third-order valence-corrected chi connectivity index (χ3v) is 9.52. The third kappa shape index (κ3) is 2.75. The predicted octanol–water partition coefficient (Wildman–Crippen LogP) is 0.519. The van der Waals surface area contributed by atoms with Crippen molar-refractivity contribution in [2.75, 3.05) is 6.54 Å². The number of hydrogen-bond acceptors (Lipinski definition) is 6. The summed E-state index contributed by atoms with van der Waals surface area (Å²) >= 11 is 0.601. The molecular formula is C13H18N2O5S3. The van der Waals surface area contributed by atoms with Gasteiger partial charge in [-0.25, -0.2) is 22.0 Å². The fourth-order valence-corrected chi connectivity index (χ4v) is 7.89. The first-order valence-corrected chi connectivity index (χ1v) is 11.1. The van der Waals surface area contributed by atoms with Crippen LogP contribution in [0.5, 0.6) is 0 Å². The average Bonchev–Trinajstić information content (AvgIpc) is 2.60. The Balaban J connectivity index is 2.23. The van der Waals surface area contributed by atoms with E-state index < -0.39 is 31.2 Å². The lowest BCUT2D eigenvalue weighted by Gasteiger charge is -2.34. The number of fused-ring (bicyclic) bond motifs is 2. The molecule has 1 saturated heterocycles. The number of sulfonamides is 1. The second kappa shape index (κ2) is 5.33. The summed E-state index contributed by atoms with van der Waals surface area (Å²) in [6, 6.07) is -0.579. The number of amides is 1. The van der Waals surface area contributed by atoms with Crippen molar-refractivity contribution in [2.24, 2.45) is 11.1 Å². The molecule has 0 aromatic rings. The normalized spacial score (nSPS) is 32.1. The van der Waals surface area contributed by atoms with Gasteiger partial charge in [-0.2, -0.15) is 0 Å². The molecule has 4 aliphatic heterocycles. The van der Waals surface area contributed by atoms with Gasteiger partial charge in [0, 0.05) is 12.1 Å². The molecule has 10 heteroatoms. The van der Waals surface area contributed by atoms with Crippen molar-refractivity contribution in [3.05, 3.63) is 20.1 Å². The minimum atomic E-state index is -4.04. The minimum absolute atomic E-state index is 0.139. The first-order valence-electron chi connectivity index (χ1n) is 7.22. The van der Waals surface area contributed by atoms with Crippen molar-refractivity contribution in [1.29, 1.82) is 0 Å².